The van der Waals surface area contributed by atoms with Gasteiger partial charge >= 0.3 is 5.97 Å². The molecule has 0 saturated heterocycles. The van der Waals surface area contributed by atoms with Gasteiger partial charge in [0.2, 0.25) is 0 Å². The Labute approximate surface area is 204 Å². The van der Waals surface area contributed by atoms with Crippen LogP contribution in [-0.4, -0.2) is 46.2 Å². The summed E-state index contributed by atoms with van der Waals surface area (Å²) in [6.07, 6.45) is 7.72. The molecule has 190 valence electrons. The molecule has 1 aromatic rings. The number of ether oxygens (including phenoxy) is 2. The molecule has 0 saturated carbocycles. The molecule has 1 heterocycles. The maximum Gasteiger partial charge on any atom is 0.333 e. The Balaban J connectivity index is 1.86. The van der Waals surface area contributed by atoms with Gasteiger partial charge in [-0.3, -0.25) is 0 Å². The zero-order valence-electron chi connectivity index (χ0n) is 21.4. The number of rotatable bonds is 10. The van der Waals surface area contributed by atoms with Crippen molar-refractivity contribution in [2.45, 2.75) is 103 Å². The Kier molecular flexibility index (Phi) is 8.35. The molecule has 2 aliphatic rings. The maximum atomic E-state index is 12.6. The maximum absolute atomic E-state index is 12.6. The lowest BCUT2D eigenvalue weighted by atomic mass is 9.66. The molecular formula is C28H42O6. The topological polar surface area (TPSA) is 96.2 Å². The number of phenols is 1. The zero-order chi connectivity index (χ0) is 25.1. The largest absolute Gasteiger partial charge is 0.508 e. The Hall–Kier alpha value is -2.05. The highest BCUT2D eigenvalue weighted by Gasteiger charge is 2.47. The number of aliphatic hydroxyl groups is 2. The average Bonchev–Trinajstić information content (AvgIpc) is 2.78. The predicted molar refractivity (Wildman–Crippen MR) is 132 cm³/mol. The van der Waals surface area contributed by atoms with E-state index in [1.165, 1.54) is 19.3 Å². The van der Waals surface area contributed by atoms with Gasteiger partial charge in [0.05, 0.1) is 6.61 Å². The Morgan fingerprint density at radius 3 is 2.68 bits per heavy atom. The van der Waals surface area contributed by atoms with E-state index < -0.39 is 24.3 Å². The number of carbonyl (C=O) groups is 1. The number of carbonyl (C=O) groups excluding carboxylic acids is 1. The first kappa shape index (κ1) is 26.6. The number of hydrogen-bond acceptors (Lipinski definition) is 6. The third-order valence-electron chi connectivity index (χ3n) is 7.62. The second-order valence-corrected chi connectivity index (χ2v) is 11.1. The lowest BCUT2D eigenvalue weighted by Crippen LogP contribution is -2.46. The third-order valence-corrected chi connectivity index (χ3v) is 7.62. The number of hydrogen-bond donors (Lipinski definition) is 3. The second kappa shape index (κ2) is 10.7. The van der Waals surface area contributed by atoms with Gasteiger partial charge in [0.15, 0.2) is 0 Å². The smallest absolute Gasteiger partial charge is 0.333 e. The van der Waals surface area contributed by atoms with Gasteiger partial charge in [-0.2, -0.15) is 0 Å². The second-order valence-electron chi connectivity index (χ2n) is 11.1. The minimum absolute atomic E-state index is 0.0734. The van der Waals surface area contributed by atoms with Gasteiger partial charge in [-0.15, -0.1) is 0 Å². The van der Waals surface area contributed by atoms with Crippen LogP contribution in [0.25, 0.3) is 0 Å². The van der Waals surface area contributed by atoms with Gasteiger partial charge in [0.1, 0.15) is 29.8 Å². The van der Waals surface area contributed by atoms with Crippen LogP contribution in [0.5, 0.6) is 11.5 Å². The first-order chi connectivity index (χ1) is 16.0. The molecule has 3 rings (SSSR count). The summed E-state index contributed by atoms with van der Waals surface area (Å²) in [5.41, 5.74) is 1.84. The van der Waals surface area contributed by atoms with Gasteiger partial charge < -0.3 is 24.8 Å². The fraction of sp³-hybridized carbons (Fsp3) is 0.679. The summed E-state index contributed by atoms with van der Waals surface area (Å²) in [6.45, 7) is 10.1. The van der Waals surface area contributed by atoms with Crippen LogP contribution in [0.1, 0.15) is 96.6 Å². The molecule has 6 heteroatoms. The van der Waals surface area contributed by atoms with Crippen LogP contribution in [0.3, 0.4) is 0 Å². The van der Waals surface area contributed by atoms with Gasteiger partial charge in [0, 0.05) is 23.0 Å². The standard InChI is InChI=1S/C28H42O6/c1-6-7-8-9-12-27(2,3)19-14-23(31)25-21-13-18(26(32)33-17-20(30)16-29)10-11-22(21)28(4,5)34-24(25)15-19/h10,14-15,20-22,29-31H,6-9,11-13,16-17H2,1-5H3/t20?,21-,22-/m1/s1. The molecule has 0 radical (unpaired) electrons. The first-order valence-corrected chi connectivity index (χ1v) is 12.7. The minimum Gasteiger partial charge on any atom is -0.508 e. The molecule has 1 aromatic carbocycles. The Morgan fingerprint density at radius 1 is 1.26 bits per heavy atom. The molecule has 1 unspecified atom stereocenters. The lowest BCUT2D eigenvalue weighted by molar-refractivity contribution is -0.143. The van der Waals surface area contributed by atoms with Gasteiger partial charge in [-0.1, -0.05) is 52.5 Å². The van der Waals surface area contributed by atoms with Crippen LogP contribution in [0.4, 0.5) is 0 Å². The number of unbranched alkanes of at least 4 members (excludes halogenated alkanes) is 3. The number of benzene rings is 1. The number of phenolic OH excluding ortho intramolecular Hbond substituents is 1. The SMILES string of the molecule is CCCCCCC(C)(C)c1cc(O)c2c(c1)OC(C)(C)[C@@H]1CC=C(C(=O)OCC(O)CO)C[C@@H]21. The summed E-state index contributed by atoms with van der Waals surface area (Å²) >= 11 is 0. The fourth-order valence-electron chi connectivity index (χ4n) is 5.41. The minimum atomic E-state index is -1.09. The summed E-state index contributed by atoms with van der Waals surface area (Å²) in [7, 11) is 0. The van der Waals surface area contributed by atoms with Crippen LogP contribution in [-0.2, 0) is 14.9 Å². The highest BCUT2D eigenvalue weighted by Crippen LogP contribution is 2.55. The van der Waals surface area contributed by atoms with Crippen molar-refractivity contribution < 1.29 is 29.6 Å². The molecule has 1 aliphatic carbocycles. The van der Waals surface area contributed by atoms with E-state index in [1.54, 1.807) is 0 Å². The summed E-state index contributed by atoms with van der Waals surface area (Å²) in [4.78, 5) is 12.6. The zero-order valence-corrected chi connectivity index (χ0v) is 21.4. The van der Waals surface area contributed by atoms with Crippen molar-refractivity contribution in [2.75, 3.05) is 13.2 Å². The van der Waals surface area contributed by atoms with E-state index >= 15 is 0 Å². The van der Waals surface area contributed by atoms with E-state index in [0.717, 1.165) is 24.0 Å². The van der Waals surface area contributed by atoms with E-state index in [0.29, 0.717) is 24.2 Å². The average molecular weight is 475 g/mol. The fourth-order valence-corrected chi connectivity index (χ4v) is 5.41. The molecule has 34 heavy (non-hydrogen) atoms. The van der Waals surface area contributed by atoms with Crippen molar-refractivity contribution in [3.05, 3.63) is 34.9 Å². The van der Waals surface area contributed by atoms with Crippen molar-refractivity contribution in [1.29, 1.82) is 0 Å². The van der Waals surface area contributed by atoms with Crippen molar-refractivity contribution in [3.63, 3.8) is 0 Å². The number of esters is 1. The van der Waals surface area contributed by atoms with Crippen LogP contribution in [0.15, 0.2) is 23.8 Å². The quantitative estimate of drug-likeness (QED) is 0.321. The normalized spacial score (nSPS) is 22.1. The third kappa shape index (κ3) is 5.77. The van der Waals surface area contributed by atoms with Crippen molar-refractivity contribution in [3.8, 4) is 11.5 Å². The predicted octanol–water partition coefficient (Wildman–Crippen LogP) is 5.13. The summed E-state index contributed by atoms with van der Waals surface area (Å²) in [6, 6.07) is 3.96. The van der Waals surface area contributed by atoms with Gasteiger partial charge in [-0.05, 0) is 56.2 Å². The number of aromatic hydroxyl groups is 1. The lowest BCUT2D eigenvalue weighted by Gasteiger charge is -2.47. The van der Waals surface area contributed by atoms with E-state index in [1.807, 2.05) is 12.1 Å². The molecule has 0 spiro atoms. The molecular weight excluding hydrogens is 432 g/mol. The van der Waals surface area contributed by atoms with E-state index in [4.69, 9.17) is 14.6 Å². The molecule has 0 aromatic heterocycles. The summed E-state index contributed by atoms with van der Waals surface area (Å²) in [5, 5.41) is 29.6. The highest BCUT2D eigenvalue weighted by molar-refractivity contribution is 5.89. The van der Waals surface area contributed by atoms with Crippen molar-refractivity contribution >= 4 is 5.97 Å². The summed E-state index contributed by atoms with van der Waals surface area (Å²) < 4.78 is 11.7. The van der Waals surface area contributed by atoms with Crippen molar-refractivity contribution in [2.24, 2.45) is 5.92 Å². The number of allylic oxidation sites excluding steroid dienone is 1. The van der Waals surface area contributed by atoms with E-state index in [2.05, 4.69) is 40.7 Å². The monoisotopic (exact) mass is 474 g/mol. The highest BCUT2D eigenvalue weighted by atomic mass is 16.5. The van der Waals surface area contributed by atoms with E-state index in [9.17, 15) is 15.0 Å². The molecule has 6 nitrogen and oxygen atoms in total. The van der Waals surface area contributed by atoms with Gasteiger partial charge in [0.25, 0.3) is 0 Å². The van der Waals surface area contributed by atoms with E-state index in [-0.39, 0.29) is 29.6 Å². The summed E-state index contributed by atoms with van der Waals surface area (Å²) in [5.74, 6) is 0.480. The van der Waals surface area contributed by atoms with Crippen LogP contribution in [0.2, 0.25) is 0 Å². The van der Waals surface area contributed by atoms with Crippen LogP contribution >= 0.6 is 0 Å². The van der Waals surface area contributed by atoms with Gasteiger partial charge in [-0.25, -0.2) is 4.79 Å². The number of aliphatic hydroxyl groups excluding tert-OH is 2. The molecule has 0 bridgehead atoms. The Morgan fingerprint density at radius 2 is 2.00 bits per heavy atom. The van der Waals surface area contributed by atoms with Crippen molar-refractivity contribution in [1.82, 2.24) is 0 Å². The van der Waals surface area contributed by atoms with Crippen LogP contribution < -0.4 is 4.74 Å². The number of fused-ring (bicyclic) bond motifs is 3. The van der Waals surface area contributed by atoms with Crippen LogP contribution in [0, 0.1) is 5.92 Å². The Bertz CT molecular complexity index is 900. The molecule has 3 N–H and O–H groups in total. The molecule has 1 aliphatic heterocycles. The molecule has 0 amide bonds. The molecule has 0 fully saturated rings. The first-order valence-electron chi connectivity index (χ1n) is 12.7. The molecule has 3 atom stereocenters.